The maximum Gasteiger partial charge on any atom is 0.323 e. The summed E-state index contributed by atoms with van der Waals surface area (Å²) in [6, 6.07) is 0.542. The molecule has 1 N–H and O–H groups in total. The molecule has 1 heterocycles. The van der Waals surface area contributed by atoms with Crippen molar-refractivity contribution >= 4 is 5.97 Å². The molecule has 1 aliphatic carbocycles. The van der Waals surface area contributed by atoms with Gasteiger partial charge in [-0.2, -0.15) is 0 Å². The molecule has 1 aliphatic heterocycles. The Morgan fingerprint density at radius 3 is 2.93 bits per heavy atom. The molecule has 3 heteroatoms. The summed E-state index contributed by atoms with van der Waals surface area (Å²) >= 11 is 0. The van der Waals surface area contributed by atoms with Crippen LogP contribution in [0.1, 0.15) is 45.4 Å². The molecule has 86 valence electrons. The Kier molecular flexibility index (Phi) is 3.62. The van der Waals surface area contributed by atoms with E-state index in [0.717, 1.165) is 6.42 Å². The number of nitrogens with one attached hydrogen (secondary N) is 1. The van der Waals surface area contributed by atoms with Crippen LogP contribution in [0.2, 0.25) is 0 Å². The van der Waals surface area contributed by atoms with Gasteiger partial charge in [0.25, 0.3) is 0 Å². The van der Waals surface area contributed by atoms with E-state index in [4.69, 9.17) is 4.74 Å². The molecule has 0 amide bonds. The van der Waals surface area contributed by atoms with Crippen LogP contribution in [-0.2, 0) is 9.53 Å². The van der Waals surface area contributed by atoms with E-state index < -0.39 is 0 Å². The summed E-state index contributed by atoms with van der Waals surface area (Å²) in [5, 5.41) is 3.44. The molecule has 3 atom stereocenters. The fourth-order valence-electron chi connectivity index (χ4n) is 2.92. The van der Waals surface area contributed by atoms with Gasteiger partial charge >= 0.3 is 5.97 Å². The van der Waals surface area contributed by atoms with Crippen molar-refractivity contribution in [1.82, 2.24) is 5.32 Å². The van der Waals surface area contributed by atoms with E-state index in [1.807, 2.05) is 6.92 Å². The van der Waals surface area contributed by atoms with Crippen molar-refractivity contribution in [3.8, 4) is 0 Å². The zero-order chi connectivity index (χ0) is 10.7. The minimum absolute atomic E-state index is 0.0296. The normalized spacial score (nSPS) is 35.7. The lowest BCUT2D eigenvalue weighted by atomic mass is 9.94. The standard InChI is InChI=1S/C12H21NO2/c1-2-15-12(14)11-8-9-6-4-3-5-7-10(9)13-11/h9-11,13H,2-8H2,1H3/t9?,10?,11-/m0/s1. The lowest BCUT2D eigenvalue weighted by Crippen LogP contribution is -2.37. The van der Waals surface area contributed by atoms with Crippen molar-refractivity contribution in [1.29, 1.82) is 0 Å². The van der Waals surface area contributed by atoms with Crippen LogP contribution in [0.4, 0.5) is 0 Å². The predicted molar refractivity (Wildman–Crippen MR) is 58.5 cm³/mol. The Balaban J connectivity index is 1.90. The van der Waals surface area contributed by atoms with Crippen LogP contribution in [0.5, 0.6) is 0 Å². The summed E-state index contributed by atoms with van der Waals surface area (Å²) in [5.41, 5.74) is 0. The van der Waals surface area contributed by atoms with Gasteiger partial charge in [0.05, 0.1) is 6.61 Å². The second kappa shape index (κ2) is 4.97. The number of carbonyl (C=O) groups excluding carboxylic acids is 1. The van der Waals surface area contributed by atoms with Gasteiger partial charge in [0, 0.05) is 6.04 Å². The van der Waals surface area contributed by atoms with Crippen LogP contribution in [0.3, 0.4) is 0 Å². The van der Waals surface area contributed by atoms with Crippen LogP contribution < -0.4 is 5.32 Å². The monoisotopic (exact) mass is 211 g/mol. The van der Waals surface area contributed by atoms with Crippen LogP contribution >= 0.6 is 0 Å². The number of ether oxygens (including phenoxy) is 1. The summed E-state index contributed by atoms with van der Waals surface area (Å²) in [7, 11) is 0. The molecule has 0 aromatic rings. The number of rotatable bonds is 2. The van der Waals surface area contributed by atoms with Crippen LogP contribution in [-0.4, -0.2) is 24.7 Å². The number of esters is 1. The number of fused-ring (bicyclic) bond motifs is 1. The third-order valence-corrected chi connectivity index (χ3v) is 3.68. The van der Waals surface area contributed by atoms with E-state index in [1.54, 1.807) is 0 Å². The first-order valence-corrected chi connectivity index (χ1v) is 6.24. The van der Waals surface area contributed by atoms with E-state index in [9.17, 15) is 4.79 Å². The zero-order valence-electron chi connectivity index (χ0n) is 9.50. The zero-order valence-corrected chi connectivity index (χ0v) is 9.50. The summed E-state index contributed by atoms with van der Waals surface area (Å²) < 4.78 is 5.06. The largest absolute Gasteiger partial charge is 0.465 e. The highest BCUT2D eigenvalue weighted by Gasteiger charge is 2.37. The van der Waals surface area contributed by atoms with E-state index >= 15 is 0 Å². The summed E-state index contributed by atoms with van der Waals surface area (Å²) in [6.07, 6.45) is 7.51. The van der Waals surface area contributed by atoms with Gasteiger partial charge in [-0.3, -0.25) is 4.79 Å². The Labute approximate surface area is 91.6 Å². The highest BCUT2D eigenvalue weighted by molar-refractivity contribution is 5.76. The quantitative estimate of drug-likeness (QED) is 0.708. The van der Waals surface area contributed by atoms with Crippen LogP contribution in [0.25, 0.3) is 0 Å². The third-order valence-electron chi connectivity index (χ3n) is 3.68. The minimum atomic E-state index is -0.0504. The van der Waals surface area contributed by atoms with Gasteiger partial charge in [0.1, 0.15) is 6.04 Å². The van der Waals surface area contributed by atoms with Crippen molar-refractivity contribution in [3.05, 3.63) is 0 Å². The highest BCUT2D eigenvalue weighted by Crippen LogP contribution is 2.32. The van der Waals surface area contributed by atoms with Crippen molar-refractivity contribution in [2.45, 2.75) is 57.5 Å². The second-order valence-electron chi connectivity index (χ2n) is 4.71. The first-order chi connectivity index (χ1) is 7.31. The molecular weight excluding hydrogens is 190 g/mol. The van der Waals surface area contributed by atoms with Gasteiger partial charge in [-0.15, -0.1) is 0 Å². The first-order valence-electron chi connectivity index (χ1n) is 6.24. The Morgan fingerprint density at radius 2 is 2.13 bits per heavy atom. The molecule has 0 bridgehead atoms. The van der Waals surface area contributed by atoms with E-state index in [0.29, 0.717) is 18.6 Å². The fourth-order valence-corrected chi connectivity index (χ4v) is 2.92. The summed E-state index contributed by atoms with van der Waals surface area (Å²) in [6.45, 7) is 2.36. The smallest absolute Gasteiger partial charge is 0.323 e. The molecule has 0 spiro atoms. The Morgan fingerprint density at radius 1 is 1.33 bits per heavy atom. The maximum atomic E-state index is 11.6. The van der Waals surface area contributed by atoms with Gasteiger partial charge in [0.15, 0.2) is 0 Å². The molecular formula is C12H21NO2. The van der Waals surface area contributed by atoms with Crippen molar-refractivity contribution in [2.24, 2.45) is 5.92 Å². The Hall–Kier alpha value is -0.570. The molecule has 1 saturated heterocycles. The molecule has 2 unspecified atom stereocenters. The van der Waals surface area contributed by atoms with Gasteiger partial charge in [-0.25, -0.2) is 0 Å². The van der Waals surface area contributed by atoms with Crippen LogP contribution in [0, 0.1) is 5.92 Å². The Bertz CT molecular complexity index is 216. The average Bonchev–Trinajstić information content (AvgIpc) is 2.51. The molecule has 0 radical (unpaired) electrons. The van der Waals surface area contributed by atoms with Gasteiger partial charge in [-0.1, -0.05) is 19.3 Å². The summed E-state index contributed by atoms with van der Waals surface area (Å²) in [4.78, 5) is 11.6. The first kappa shape index (κ1) is 10.9. The molecule has 3 nitrogen and oxygen atoms in total. The van der Waals surface area contributed by atoms with Crippen molar-refractivity contribution < 1.29 is 9.53 Å². The lowest BCUT2D eigenvalue weighted by molar-refractivity contribution is -0.145. The maximum absolute atomic E-state index is 11.6. The van der Waals surface area contributed by atoms with Crippen molar-refractivity contribution in [3.63, 3.8) is 0 Å². The van der Waals surface area contributed by atoms with E-state index in [1.165, 1.54) is 32.1 Å². The molecule has 0 aromatic heterocycles. The average molecular weight is 211 g/mol. The number of hydrogen-bond donors (Lipinski definition) is 1. The molecule has 2 rings (SSSR count). The second-order valence-corrected chi connectivity index (χ2v) is 4.71. The van der Waals surface area contributed by atoms with E-state index in [-0.39, 0.29) is 12.0 Å². The molecule has 15 heavy (non-hydrogen) atoms. The molecule has 0 aromatic carbocycles. The van der Waals surface area contributed by atoms with Gasteiger partial charge in [-0.05, 0) is 32.1 Å². The molecule has 2 aliphatic rings. The predicted octanol–water partition coefficient (Wildman–Crippen LogP) is 1.86. The van der Waals surface area contributed by atoms with Gasteiger partial charge < -0.3 is 10.1 Å². The van der Waals surface area contributed by atoms with Gasteiger partial charge in [0.2, 0.25) is 0 Å². The third kappa shape index (κ3) is 2.51. The lowest BCUT2D eigenvalue weighted by Gasteiger charge is -2.14. The number of hydrogen-bond acceptors (Lipinski definition) is 3. The topological polar surface area (TPSA) is 38.3 Å². The fraction of sp³-hybridized carbons (Fsp3) is 0.917. The minimum Gasteiger partial charge on any atom is -0.465 e. The highest BCUT2D eigenvalue weighted by atomic mass is 16.5. The van der Waals surface area contributed by atoms with Crippen LogP contribution in [0.15, 0.2) is 0 Å². The molecule has 1 saturated carbocycles. The molecule has 2 fully saturated rings. The SMILES string of the molecule is CCOC(=O)[C@@H]1CC2CCCCCC2N1. The number of carbonyl (C=O) groups is 1. The van der Waals surface area contributed by atoms with E-state index in [2.05, 4.69) is 5.32 Å². The summed E-state index contributed by atoms with van der Waals surface area (Å²) in [5.74, 6) is 0.660. The van der Waals surface area contributed by atoms with Crippen molar-refractivity contribution in [2.75, 3.05) is 6.61 Å².